The summed E-state index contributed by atoms with van der Waals surface area (Å²) in [6, 6.07) is 3.88. The first-order valence-electron chi connectivity index (χ1n) is 6.43. The number of pyridine rings is 2. The van der Waals surface area contributed by atoms with E-state index >= 15 is 0 Å². The zero-order valence-corrected chi connectivity index (χ0v) is 12.0. The summed E-state index contributed by atoms with van der Waals surface area (Å²) in [6.07, 6.45) is -4.53. The van der Waals surface area contributed by atoms with Gasteiger partial charge >= 0.3 is 6.18 Å². The summed E-state index contributed by atoms with van der Waals surface area (Å²) in [4.78, 5) is 17.5. The molecule has 0 radical (unpaired) electrons. The molecular weight excluding hydrogens is 283 g/mol. The van der Waals surface area contributed by atoms with E-state index in [2.05, 4.69) is 4.98 Å². The molecule has 0 saturated carbocycles. The predicted molar refractivity (Wildman–Crippen MR) is 74.3 cm³/mol. The van der Waals surface area contributed by atoms with E-state index in [-0.39, 0.29) is 17.8 Å². The predicted octanol–water partition coefficient (Wildman–Crippen LogP) is 2.29. The van der Waals surface area contributed by atoms with E-state index in [1.54, 1.807) is 6.92 Å². The summed E-state index contributed by atoms with van der Waals surface area (Å²) >= 11 is 0. The second-order valence-corrected chi connectivity index (χ2v) is 5.19. The number of halogens is 3. The Bertz CT molecular complexity index is 720. The van der Waals surface area contributed by atoms with Crippen LogP contribution in [-0.4, -0.2) is 35.1 Å². The van der Waals surface area contributed by atoms with Crippen molar-refractivity contribution in [1.82, 2.24) is 14.5 Å². The third kappa shape index (κ3) is 3.24. The Labute approximate surface area is 119 Å². The number of aryl methyl sites for hydroxylation is 1. The van der Waals surface area contributed by atoms with Crippen molar-refractivity contribution in [1.29, 1.82) is 0 Å². The monoisotopic (exact) mass is 299 g/mol. The largest absolute Gasteiger partial charge is 0.433 e. The fourth-order valence-corrected chi connectivity index (χ4v) is 2.09. The van der Waals surface area contributed by atoms with Gasteiger partial charge in [0, 0.05) is 24.5 Å². The van der Waals surface area contributed by atoms with Crippen molar-refractivity contribution in [3.05, 3.63) is 39.8 Å². The van der Waals surface area contributed by atoms with Crippen LogP contribution in [0.5, 0.6) is 0 Å². The Morgan fingerprint density at radius 3 is 2.52 bits per heavy atom. The van der Waals surface area contributed by atoms with Crippen molar-refractivity contribution in [2.45, 2.75) is 19.6 Å². The molecule has 7 heteroatoms. The van der Waals surface area contributed by atoms with Crippen LogP contribution in [0.15, 0.2) is 23.0 Å². The molecule has 0 spiro atoms. The third-order valence-electron chi connectivity index (χ3n) is 3.22. The van der Waals surface area contributed by atoms with Crippen LogP contribution in [-0.2, 0) is 12.7 Å². The minimum Gasteiger partial charge on any atom is -0.308 e. The number of hydrogen-bond acceptors (Lipinski definition) is 3. The van der Waals surface area contributed by atoms with Gasteiger partial charge in [-0.1, -0.05) is 0 Å². The average Bonchev–Trinajstić information content (AvgIpc) is 2.35. The summed E-state index contributed by atoms with van der Waals surface area (Å²) in [5, 5.41) is 0.557. The zero-order valence-electron chi connectivity index (χ0n) is 12.0. The van der Waals surface area contributed by atoms with Crippen molar-refractivity contribution in [3.63, 3.8) is 0 Å². The van der Waals surface area contributed by atoms with E-state index in [0.29, 0.717) is 17.5 Å². The van der Waals surface area contributed by atoms with Gasteiger partial charge in [-0.2, -0.15) is 13.2 Å². The van der Waals surface area contributed by atoms with E-state index in [0.717, 1.165) is 6.07 Å². The zero-order chi connectivity index (χ0) is 15.8. The first-order chi connectivity index (χ1) is 9.70. The first kappa shape index (κ1) is 15.5. The van der Waals surface area contributed by atoms with Crippen LogP contribution in [0.4, 0.5) is 13.2 Å². The molecule has 0 aliphatic heterocycles. The van der Waals surface area contributed by atoms with Crippen molar-refractivity contribution in [3.8, 4) is 0 Å². The maximum atomic E-state index is 12.9. The van der Waals surface area contributed by atoms with Gasteiger partial charge in [0.1, 0.15) is 11.3 Å². The molecule has 0 aliphatic rings. The van der Waals surface area contributed by atoms with Crippen LogP contribution in [0.3, 0.4) is 0 Å². The summed E-state index contributed by atoms with van der Waals surface area (Å²) in [5.41, 5.74) is -0.796. The van der Waals surface area contributed by atoms with Gasteiger partial charge in [0.25, 0.3) is 5.56 Å². The molecular formula is C14H16F3N3O. The fourth-order valence-electron chi connectivity index (χ4n) is 2.09. The molecule has 114 valence electrons. The lowest BCUT2D eigenvalue weighted by Crippen LogP contribution is -2.27. The molecule has 2 aromatic heterocycles. The van der Waals surface area contributed by atoms with Crippen molar-refractivity contribution >= 4 is 11.0 Å². The van der Waals surface area contributed by atoms with E-state index in [4.69, 9.17) is 0 Å². The maximum Gasteiger partial charge on any atom is 0.433 e. The molecule has 0 atom stereocenters. The minimum absolute atomic E-state index is 0.0803. The van der Waals surface area contributed by atoms with Crippen molar-refractivity contribution in [2.75, 3.05) is 20.6 Å². The molecule has 0 bridgehead atoms. The highest BCUT2D eigenvalue weighted by molar-refractivity contribution is 5.79. The smallest absolute Gasteiger partial charge is 0.308 e. The Morgan fingerprint density at radius 2 is 1.95 bits per heavy atom. The highest BCUT2D eigenvalue weighted by Crippen LogP contribution is 2.30. The molecule has 4 nitrogen and oxygen atoms in total. The number of hydrogen-bond donors (Lipinski definition) is 0. The van der Waals surface area contributed by atoms with Crippen LogP contribution < -0.4 is 5.56 Å². The SMILES string of the molecule is Cc1cc(C(F)(F)F)nc2c1ccc(=O)n2CCN(C)C. The van der Waals surface area contributed by atoms with Gasteiger partial charge in [-0.05, 0) is 38.7 Å². The second kappa shape index (κ2) is 5.48. The number of rotatable bonds is 3. The van der Waals surface area contributed by atoms with Crippen LogP contribution in [0.1, 0.15) is 11.3 Å². The lowest BCUT2D eigenvalue weighted by molar-refractivity contribution is -0.141. The summed E-state index contributed by atoms with van der Waals surface area (Å²) in [5.74, 6) is 0. The summed E-state index contributed by atoms with van der Waals surface area (Å²) in [7, 11) is 3.66. The number of likely N-dealkylation sites (N-methyl/N-ethyl adjacent to an activating group) is 1. The average molecular weight is 299 g/mol. The molecule has 0 N–H and O–H groups in total. The van der Waals surface area contributed by atoms with Crippen LogP contribution in [0.2, 0.25) is 0 Å². The molecule has 0 amide bonds. The third-order valence-corrected chi connectivity index (χ3v) is 3.22. The van der Waals surface area contributed by atoms with Gasteiger partial charge in [-0.15, -0.1) is 0 Å². The van der Waals surface area contributed by atoms with Gasteiger partial charge in [-0.3, -0.25) is 9.36 Å². The van der Waals surface area contributed by atoms with Crippen LogP contribution in [0, 0.1) is 6.92 Å². The fraction of sp³-hybridized carbons (Fsp3) is 0.429. The molecule has 0 aliphatic carbocycles. The normalized spacial score (nSPS) is 12.3. The van der Waals surface area contributed by atoms with E-state index < -0.39 is 11.9 Å². The highest BCUT2D eigenvalue weighted by Gasteiger charge is 2.33. The van der Waals surface area contributed by atoms with Crippen LogP contribution in [0.25, 0.3) is 11.0 Å². The Balaban J connectivity index is 2.68. The minimum atomic E-state index is -4.53. The van der Waals surface area contributed by atoms with E-state index in [9.17, 15) is 18.0 Å². The van der Waals surface area contributed by atoms with Crippen LogP contribution >= 0.6 is 0 Å². The Kier molecular flexibility index (Phi) is 4.04. The van der Waals surface area contributed by atoms with Crippen molar-refractivity contribution in [2.24, 2.45) is 0 Å². The quantitative estimate of drug-likeness (QED) is 0.873. The van der Waals surface area contributed by atoms with Gasteiger partial charge in [0.05, 0.1) is 0 Å². The maximum absolute atomic E-state index is 12.9. The first-order valence-corrected chi connectivity index (χ1v) is 6.43. The molecule has 0 fully saturated rings. The summed E-state index contributed by atoms with van der Waals surface area (Å²) < 4.78 is 39.9. The topological polar surface area (TPSA) is 38.1 Å². The van der Waals surface area contributed by atoms with E-state index in [1.807, 2.05) is 19.0 Å². The Hall–Kier alpha value is -1.89. The van der Waals surface area contributed by atoms with Gasteiger partial charge < -0.3 is 4.90 Å². The molecule has 2 aromatic rings. The molecule has 0 aromatic carbocycles. The molecule has 2 heterocycles. The number of aromatic nitrogens is 2. The molecule has 2 rings (SSSR count). The molecule has 0 saturated heterocycles. The van der Waals surface area contributed by atoms with Crippen molar-refractivity contribution < 1.29 is 13.2 Å². The Morgan fingerprint density at radius 1 is 1.29 bits per heavy atom. The lowest BCUT2D eigenvalue weighted by atomic mass is 10.1. The number of fused-ring (bicyclic) bond motifs is 1. The highest BCUT2D eigenvalue weighted by atomic mass is 19.4. The number of alkyl halides is 3. The standard InChI is InChI=1S/C14H16F3N3O/c1-9-8-11(14(15,16)17)18-13-10(9)4-5-12(21)20(13)7-6-19(2)3/h4-5,8H,6-7H2,1-3H3. The van der Waals surface area contributed by atoms with Gasteiger partial charge in [0.15, 0.2) is 0 Å². The lowest BCUT2D eigenvalue weighted by Gasteiger charge is -2.15. The van der Waals surface area contributed by atoms with E-state index in [1.165, 1.54) is 16.7 Å². The molecule has 21 heavy (non-hydrogen) atoms. The van der Waals surface area contributed by atoms with Gasteiger partial charge in [-0.25, -0.2) is 4.98 Å². The second-order valence-electron chi connectivity index (χ2n) is 5.19. The van der Waals surface area contributed by atoms with Gasteiger partial charge in [0.2, 0.25) is 0 Å². The molecule has 0 unspecified atom stereocenters. The summed E-state index contributed by atoms with van der Waals surface area (Å²) in [6.45, 7) is 2.41. The number of nitrogens with zero attached hydrogens (tertiary/aromatic N) is 3.